The molecule has 0 bridgehead atoms. The second-order valence-corrected chi connectivity index (χ2v) is 26.8. The number of esters is 1. The van der Waals surface area contributed by atoms with Gasteiger partial charge < -0.3 is 28.5 Å². The van der Waals surface area contributed by atoms with Gasteiger partial charge in [-0.15, -0.1) is 0 Å². The Bertz CT molecular complexity index is 1860. The van der Waals surface area contributed by atoms with Crippen LogP contribution in [0.3, 0.4) is 0 Å². The predicted molar refractivity (Wildman–Crippen MR) is 376 cm³/mol. The molecule has 0 radical (unpaired) electrons. The average Bonchev–Trinajstić information content (AvgIpc) is 3.70. The van der Waals surface area contributed by atoms with E-state index >= 15 is 0 Å². The lowest BCUT2D eigenvalue weighted by atomic mass is 10.0. The van der Waals surface area contributed by atoms with Crippen LogP contribution >= 0.6 is 7.82 Å². The number of allylic oxidation sites excluding steroid dienone is 17. The van der Waals surface area contributed by atoms with Crippen LogP contribution in [-0.4, -0.2) is 69.4 Å². The van der Waals surface area contributed by atoms with E-state index in [-0.39, 0.29) is 24.9 Å². The smallest absolute Gasteiger partial charge is 0.306 e. The van der Waals surface area contributed by atoms with Crippen LogP contribution < -0.4 is 10.2 Å². The first-order valence-electron chi connectivity index (χ1n) is 36.2. The standard InChI is InChI=1S/C77H137N2O7P/c1-7-10-13-16-19-22-25-27-29-31-33-35-37-38-39-40-42-44-46-48-50-52-55-58-61-64-67-70-77(81)86-75(68-65-62-59-56-53-24-21-18-15-12-9-3)74(73-85-87(82,83)84-72-71-79(4,5)6)78-76(80)69-66-63-60-57-54-51-49-47-45-43-41-36-34-32-30-28-26-23-20-17-14-11-8-2/h10,13,19-20,22-23,27-30,33,35,38-39,42,44,65,68,74-75H,7-9,11-12,14-18,21,24-26,31-32,34,36-37,40-41,43,45-64,66-67,69-73H2,1-6H3,(H-,78,80,82,83)/b13-10-,22-19-,23-20-,29-27-,30-28-,35-33-,39-38-,44-42-,68-65+. The minimum atomic E-state index is -4.71. The molecule has 9 nitrogen and oxygen atoms in total. The summed E-state index contributed by atoms with van der Waals surface area (Å²) in [5, 5.41) is 3.04. The number of phosphoric acid groups is 1. The highest BCUT2D eigenvalue weighted by atomic mass is 31.2. The number of unbranched alkanes of at least 4 members (excludes halogenated alkanes) is 33. The van der Waals surface area contributed by atoms with Gasteiger partial charge in [-0.1, -0.05) is 297 Å². The van der Waals surface area contributed by atoms with Crippen molar-refractivity contribution in [2.45, 2.75) is 328 Å². The van der Waals surface area contributed by atoms with E-state index in [9.17, 15) is 19.0 Å². The number of carbonyl (C=O) groups excluding carboxylic acids is 2. The van der Waals surface area contributed by atoms with Gasteiger partial charge in [-0.3, -0.25) is 14.2 Å². The highest BCUT2D eigenvalue weighted by molar-refractivity contribution is 7.45. The molecule has 0 aromatic carbocycles. The molecular formula is C77H137N2O7P. The van der Waals surface area contributed by atoms with Crippen LogP contribution in [0.15, 0.2) is 109 Å². The van der Waals surface area contributed by atoms with E-state index in [0.29, 0.717) is 17.4 Å². The Labute approximate surface area is 538 Å². The molecule has 0 aliphatic carbocycles. The molecule has 10 heteroatoms. The Morgan fingerprint density at radius 1 is 0.414 bits per heavy atom. The Morgan fingerprint density at radius 3 is 1.13 bits per heavy atom. The molecule has 0 heterocycles. The highest BCUT2D eigenvalue weighted by Crippen LogP contribution is 2.38. The molecule has 0 rings (SSSR count). The number of nitrogens with one attached hydrogen (secondary N) is 1. The molecule has 1 amide bonds. The van der Waals surface area contributed by atoms with Gasteiger partial charge >= 0.3 is 5.97 Å². The molecule has 0 fully saturated rings. The van der Waals surface area contributed by atoms with E-state index in [2.05, 4.69) is 123 Å². The van der Waals surface area contributed by atoms with Gasteiger partial charge in [0.1, 0.15) is 19.3 Å². The Hall–Kier alpha value is -3.33. The fraction of sp³-hybridized carbons (Fsp3) is 0.740. The number of rotatable bonds is 65. The lowest BCUT2D eigenvalue weighted by molar-refractivity contribution is -0.870. The monoisotopic (exact) mass is 1230 g/mol. The summed E-state index contributed by atoms with van der Waals surface area (Å²) in [4.78, 5) is 40.2. The predicted octanol–water partition coefficient (Wildman–Crippen LogP) is 22.6. The number of carbonyl (C=O) groups is 2. The zero-order chi connectivity index (χ0) is 63.5. The number of quaternary nitrogens is 1. The first kappa shape index (κ1) is 83.7. The van der Waals surface area contributed by atoms with Crippen LogP contribution in [0.5, 0.6) is 0 Å². The van der Waals surface area contributed by atoms with Gasteiger partial charge in [0.05, 0.1) is 33.8 Å². The van der Waals surface area contributed by atoms with Crippen LogP contribution in [0.4, 0.5) is 0 Å². The average molecular weight is 1230 g/mol. The van der Waals surface area contributed by atoms with Gasteiger partial charge in [0.15, 0.2) is 0 Å². The molecule has 0 spiro atoms. The highest BCUT2D eigenvalue weighted by Gasteiger charge is 2.27. The summed E-state index contributed by atoms with van der Waals surface area (Å²) in [7, 11) is 1.17. The summed E-state index contributed by atoms with van der Waals surface area (Å²) in [5.74, 6) is -0.549. The van der Waals surface area contributed by atoms with Gasteiger partial charge in [-0.2, -0.15) is 0 Å². The maximum absolute atomic E-state index is 13.6. The van der Waals surface area contributed by atoms with Gasteiger partial charge in [0, 0.05) is 12.8 Å². The lowest BCUT2D eigenvalue weighted by Crippen LogP contribution is -2.47. The van der Waals surface area contributed by atoms with E-state index in [1.807, 2.05) is 33.3 Å². The fourth-order valence-electron chi connectivity index (χ4n) is 10.1. The van der Waals surface area contributed by atoms with E-state index in [4.69, 9.17) is 13.8 Å². The van der Waals surface area contributed by atoms with E-state index in [1.54, 1.807) is 0 Å². The van der Waals surface area contributed by atoms with Crippen LogP contribution in [0, 0.1) is 0 Å². The minimum absolute atomic E-state index is 0.0278. The van der Waals surface area contributed by atoms with E-state index < -0.39 is 26.6 Å². The lowest BCUT2D eigenvalue weighted by Gasteiger charge is -2.30. The normalized spacial score (nSPS) is 14.1. The van der Waals surface area contributed by atoms with Gasteiger partial charge in [-0.05, 0) is 115 Å². The zero-order valence-electron chi connectivity index (χ0n) is 57.4. The second-order valence-electron chi connectivity index (χ2n) is 25.4. The SMILES string of the molecule is CC/C=C\C/C=C\C/C=C\C/C=C\C/C=C\C/C=C\CCCCCCCCCCC(=O)OC(/C=C/CCCCCCCCCCC)C(COP(=O)([O-])OCC[N+](C)(C)C)NC(=O)CCCCCCCCCCCCCCC/C=C\C/C=C\CCCCC. The molecule has 3 atom stereocenters. The molecule has 87 heavy (non-hydrogen) atoms. The zero-order valence-corrected chi connectivity index (χ0v) is 58.3. The number of phosphoric ester groups is 1. The van der Waals surface area contributed by atoms with Crippen LogP contribution in [0.2, 0.25) is 0 Å². The van der Waals surface area contributed by atoms with E-state index in [0.717, 1.165) is 116 Å². The first-order valence-corrected chi connectivity index (χ1v) is 37.7. The van der Waals surface area contributed by atoms with Crippen molar-refractivity contribution < 1.29 is 37.3 Å². The number of likely N-dealkylation sites (N-methyl/N-ethyl adjacent to an activating group) is 1. The van der Waals surface area contributed by atoms with Crippen molar-refractivity contribution in [3.63, 3.8) is 0 Å². The van der Waals surface area contributed by atoms with Crippen LogP contribution in [0.1, 0.15) is 316 Å². The maximum atomic E-state index is 13.6. The van der Waals surface area contributed by atoms with Crippen molar-refractivity contribution in [3.8, 4) is 0 Å². The van der Waals surface area contributed by atoms with Crippen LogP contribution in [0.25, 0.3) is 0 Å². The number of hydrogen-bond acceptors (Lipinski definition) is 7. The summed E-state index contributed by atoms with van der Waals surface area (Å²) >= 11 is 0. The maximum Gasteiger partial charge on any atom is 0.306 e. The van der Waals surface area contributed by atoms with Crippen molar-refractivity contribution in [1.82, 2.24) is 5.32 Å². The summed E-state index contributed by atoms with van der Waals surface area (Å²) in [6, 6.07) is -0.899. The molecule has 502 valence electrons. The van der Waals surface area contributed by atoms with Gasteiger partial charge in [-0.25, -0.2) is 0 Å². The van der Waals surface area contributed by atoms with Crippen molar-refractivity contribution >= 4 is 19.7 Å². The third kappa shape index (κ3) is 66.9. The van der Waals surface area contributed by atoms with Crippen molar-refractivity contribution in [1.29, 1.82) is 0 Å². The fourth-order valence-corrected chi connectivity index (χ4v) is 10.9. The van der Waals surface area contributed by atoms with Gasteiger partial charge in [0.25, 0.3) is 7.82 Å². The first-order chi connectivity index (χ1) is 42.4. The van der Waals surface area contributed by atoms with E-state index in [1.165, 1.54) is 167 Å². The molecule has 1 N–H and O–H groups in total. The Balaban J connectivity index is 5.03. The number of hydrogen-bond donors (Lipinski definition) is 1. The number of amides is 1. The number of ether oxygens (including phenoxy) is 1. The molecule has 3 unspecified atom stereocenters. The molecular weight excluding hydrogens is 1100 g/mol. The quantitative estimate of drug-likeness (QED) is 0.0212. The largest absolute Gasteiger partial charge is 0.756 e. The molecule has 0 saturated heterocycles. The third-order valence-electron chi connectivity index (χ3n) is 15.7. The molecule has 0 aliphatic heterocycles. The van der Waals surface area contributed by atoms with Crippen molar-refractivity contribution in [3.05, 3.63) is 109 Å². The molecule has 0 aromatic heterocycles. The molecule has 0 saturated carbocycles. The van der Waals surface area contributed by atoms with Crippen molar-refractivity contribution in [2.75, 3.05) is 40.9 Å². The Morgan fingerprint density at radius 2 is 0.736 bits per heavy atom. The summed E-state index contributed by atoms with van der Waals surface area (Å²) in [6.45, 7) is 6.71. The topological polar surface area (TPSA) is 114 Å². The summed E-state index contributed by atoms with van der Waals surface area (Å²) < 4.78 is 30.4. The minimum Gasteiger partial charge on any atom is -0.756 e. The summed E-state index contributed by atoms with van der Waals surface area (Å²) in [6.07, 6.45) is 90.7. The Kier molecular flexibility index (Phi) is 63.1. The second kappa shape index (κ2) is 65.6. The van der Waals surface area contributed by atoms with Crippen molar-refractivity contribution in [2.24, 2.45) is 0 Å². The molecule has 0 aliphatic rings. The molecule has 0 aromatic rings. The third-order valence-corrected chi connectivity index (χ3v) is 16.7. The van der Waals surface area contributed by atoms with Crippen LogP contribution in [-0.2, 0) is 27.9 Å². The number of nitrogens with zero attached hydrogens (tertiary/aromatic N) is 1. The summed E-state index contributed by atoms with van der Waals surface area (Å²) in [5.41, 5.74) is 0. The van der Waals surface area contributed by atoms with Gasteiger partial charge in [0.2, 0.25) is 5.91 Å².